The van der Waals surface area contributed by atoms with E-state index in [0.29, 0.717) is 12.0 Å². The van der Waals surface area contributed by atoms with E-state index < -0.39 is 11.7 Å². The van der Waals surface area contributed by atoms with Crippen molar-refractivity contribution in [3.05, 3.63) is 76.6 Å². The number of allylic oxidation sites excluding steroid dienone is 1. The lowest BCUT2D eigenvalue weighted by atomic mass is 10.1. The fraction of sp³-hybridized carbons (Fsp3) is 0.280. The van der Waals surface area contributed by atoms with E-state index in [2.05, 4.69) is 15.4 Å². The molecule has 0 aliphatic rings. The van der Waals surface area contributed by atoms with Gasteiger partial charge in [-0.25, -0.2) is 4.39 Å². The Hall–Kier alpha value is -3.46. The Bertz CT molecular complexity index is 1100. The molecular weight excluding hydrogens is 455 g/mol. The zero-order valence-corrected chi connectivity index (χ0v) is 21.1. The van der Waals surface area contributed by atoms with Gasteiger partial charge in [0.1, 0.15) is 35.0 Å². The Labute approximate surface area is 204 Å². The summed E-state index contributed by atoms with van der Waals surface area (Å²) in [5.74, 6) is 0.629. The van der Waals surface area contributed by atoms with Gasteiger partial charge in [0.2, 0.25) is 0 Å². The number of anilines is 2. The van der Waals surface area contributed by atoms with E-state index >= 15 is 0 Å². The Kier molecular flexibility index (Phi) is 10.0. The molecule has 0 spiro atoms. The highest BCUT2D eigenvalue weighted by Crippen LogP contribution is 2.31. The molecule has 34 heavy (non-hydrogen) atoms. The van der Waals surface area contributed by atoms with Gasteiger partial charge in [-0.3, -0.25) is 9.59 Å². The van der Waals surface area contributed by atoms with Crippen LogP contribution in [0, 0.1) is 19.7 Å². The van der Waals surface area contributed by atoms with Crippen LogP contribution >= 0.6 is 11.9 Å². The average molecular weight is 487 g/mol. The van der Waals surface area contributed by atoms with Crippen LogP contribution in [0.25, 0.3) is 0 Å². The number of halogens is 1. The van der Waals surface area contributed by atoms with Gasteiger partial charge in [-0.05, 0) is 43.7 Å². The molecule has 0 unspecified atom stereocenters. The van der Waals surface area contributed by atoms with Gasteiger partial charge in [0.15, 0.2) is 0 Å². The predicted octanol–water partition coefficient (Wildman–Crippen LogP) is 4.62. The number of carbonyl (C=O) groups excluding carboxylic acids is 2. The molecule has 0 saturated heterocycles. The van der Waals surface area contributed by atoms with E-state index in [1.807, 2.05) is 26.0 Å². The minimum Gasteiger partial charge on any atom is -0.456 e. The van der Waals surface area contributed by atoms with Crippen molar-refractivity contribution in [1.29, 1.82) is 0 Å². The second-order valence-corrected chi connectivity index (χ2v) is 8.61. The van der Waals surface area contributed by atoms with E-state index in [9.17, 15) is 14.0 Å². The van der Waals surface area contributed by atoms with Crippen LogP contribution < -0.4 is 20.1 Å². The standard InChI is InChI=1S/C25H31FN4O3S/c1-7-34-29-19-9-8-10-21(17(19)3)33-22(13-14-31)23(25(32)27-4)24(30(5)6)28-20-12-11-16(2)15-18(20)26/h8-15,28-29H,7H2,1-6H3,(H,27,32)/b22-13+,24-23+. The Balaban J connectivity index is 2.62. The van der Waals surface area contributed by atoms with Crippen LogP contribution in [0.3, 0.4) is 0 Å². The number of hydrogen-bond donors (Lipinski definition) is 3. The third-order valence-electron chi connectivity index (χ3n) is 4.81. The molecule has 2 aromatic rings. The number of rotatable bonds is 11. The summed E-state index contributed by atoms with van der Waals surface area (Å²) in [6, 6.07) is 10.2. The monoisotopic (exact) mass is 486 g/mol. The van der Waals surface area contributed by atoms with Crippen LogP contribution in [0.2, 0.25) is 0 Å². The first-order valence-electron chi connectivity index (χ1n) is 10.7. The first kappa shape index (κ1) is 26.8. The summed E-state index contributed by atoms with van der Waals surface area (Å²) in [7, 11) is 4.87. The number of benzene rings is 2. The van der Waals surface area contributed by atoms with Crippen molar-refractivity contribution in [1.82, 2.24) is 10.2 Å². The number of ether oxygens (including phenoxy) is 1. The maximum Gasteiger partial charge on any atom is 0.258 e. The molecule has 1 amide bonds. The zero-order valence-electron chi connectivity index (χ0n) is 20.3. The number of nitrogens with one attached hydrogen (secondary N) is 3. The lowest BCUT2D eigenvalue weighted by molar-refractivity contribution is -0.117. The van der Waals surface area contributed by atoms with E-state index in [0.717, 1.165) is 22.6 Å². The van der Waals surface area contributed by atoms with Gasteiger partial charge in [0.25, 0.3) is 5.91 Å². The first-order chi connectivity index (χ1) is 16.2. The van der Waals surface area contributed by atoms with Crippen molar-refractivity contribution in [2.75, 3.05) is 36.9 Å². The molecule has 9 heteroatoms. The summed E-state index contributed by atoms with van der Waals surface area (Å²) in [6.07, 6.45) is 1.71. The van der Waals surface area contributed by atoms with Crippen molar-refractivity contribution >= 4 is 35.5 Å². The average Bonchev–Trinajstić information content (AvgIpc) is 2.80. The molecule has 2 aromatic carbocycles. The molecule has 0 aliphatic heterocycles. The predicted molar refractivity (Wildman–Crippen MR) is 137 cm³/mol. The van der Waals surface area contributed by atoms with Crippen molar-refractivity contribution in [3.8, 4) is 5.75 Å². The number of amides is 1. The summed E-state index contributed by atoms with van der Waals surface area (Å²) in [4.78, 5) is 26.2. The minimum absolute atomic E-state index is 0.0152. The number of aryl methyl sites for hydroxylation is 1. The van der Waals surface area contributed by atoms with Crippen molar-refractivity contribution in [3.63, 3.8) is 0 Å². The molecule has 3 N–H and O–H groups in total. The molecule has 0 radical (unpaired) electrons. The highest BCUT2D eigenvalue weighted by molar-refractivity contribution is 8.00. The maximum atomic E-state index is 14.6. The first-order valence-corrected chi connectivity index (χ1v) is 11.7. The highest BCUT2D eigenvalue weighted by atomic mass is 32.2. The fourth-order valence-corrected chi connectivity index (χ4v) is 3.56. The molecular formula is C25H31FN4O3S. The van der Waals surface area contributed by atoms with Gasteiger partial charge in [0.05, 0.1) is 11.4 Å². The smallest absolute Gasteiger partial charge is 0.258 e. The Morgan fingerprint density at radius 3 is 2.50 bits per heavy atom. The topological polar surface area (TPSA) is 82.7 Å². The van der Waals surface area contributed by atoms with Gasteiger partial charge >= 0.3 is 0 Å². The largest absolute Gasteiger partial charge is 0.456 e. The number of hydrogen-bond acceptors (Lipinski definition) is 7. The molecule has 0 aromatic heterocycles. The molecule has 0 saturated carbocycles. The molecule has 2 rings (SSSR count). The van der Waals surface area contributed by atoms with Gasteiger partial charge in [0, 0.05) is 38.5 Å². The number of carbonyl (C=O) groups is 2. The molecule has 7 nitrogen and oxygen atoms in total. The van der Waals surface area contributed by atoms with Crippen LogP contribution in [0.4, 0.5) is 15.8 Å². The fourth-order valence-electron chi connectivity index (χ4n) is 3.04. The lowest BCUT2D eigenvalue weighted by Gasteiger charge is -2.25. The van der Waals surface area contributed by atoms with E-state index in [1.54, 1.807) is 44.1 Å². The lowest BCUT2D eigenvalue weighted by Crippen LogP contribution is -2.31. The van der Waals surface area contributed by atoms with E-state index in [4.69, 9.17) is 4.74 Å². The van der Waals surface area contributed by atoms with Crippen LogP contribution in [0.5, 0.6) is 5.75 Å². The van der Waals surface area contributed by atoms with Crippen LogP contribution in [0.15, 0.2) is 59.6 Å². The normalized spacial score (nSPS) is 11.9. The third-order valence-corrected chi connectivity index (χ3v) is 5.47. The van der Waals surface area contributed by atoms with Crippen LogP contribution in [0.1, 0.15) is 18.1 Å². The zero-order chi connectivity index (χ0) is 25.3. The highest BCUT2D eigenvalue weighted by Gasteiger charge is 2.24. The molecule has 0 fully saturated rings. The summed E-state index contributed by atoms with van der Waals surface area (Å²) in [5.41, 5.74) is 2.65. The quantitative estimate of drug-likeness (QED) is 0.141. The molecule has 182 valence electrons. The molecule has 0 heterocycles. The van der Waals surface area contributed by atoms with Gasteiger partial charge < -0.3 is 25.0 Å². The number of likely N-dealkylation sites (N-methyl/N-ethyl adjacent to an activating group) is 1. The Morgan fingerprint density at radius 2 is 1.91 bits per heavy atom. The summed E-state index contributed by atoms with van der Waals surface area (Å²) < 4.78 is 24.0. The van der Waals surface area contributed by atoms with Crippen LogP contribution in [-0.2, 0) is 9.59 Å². The summed E-state index contributed by atoms with van der Waals surface area (Å²) >= 11 is 1.54. The number of nitrogens with zero attached hydrogens (tertiary/aromatic N) is 1. The third kappa shape index (κ3) is 6.77. The number of aldehydes is 1. The Morgan fingerprint density at radius 1 is 1.18 bits per heavy atom. The van der Waals surface area contributed by atoms with E-state index in [1.165, 1.54) is 31.1 Å². The second kappa shape index (κ2) is 12.7. The SMILES string of the molecule is CCSNc1cccc(OC(=C/C=O)/C(C(=O)NC)=C(/Nc2ccc(C)cc2F)N(C)C)c1C. The summed E-state index contributed by atoms with van der Waals surface area (Å²) in [5, 5.41) is 5.56. The maximum absolute atomic E-state index is 14.6. The van der Waals surface area contributed by atoms with Crippen molar-refractivity contribution in [2.24, 2.45) is 0 Å². The van der Waals surface area contributed by atoms with Crippen molar-refractivity contribution < 1.29 is 18.7 Å². The van der Waals surface area contributed by atoms with E-state index in [-0.39, 0.29) is 22.8 Å². The van der Waals surface area contributed by atoms with Gasteiger partial charge in [-0.15, -0.1) is 0 Å². The molecule has 0 aliphatic carbocycles. The van der Waals surface area contributed by atoms with Crippen molar-refractivity contribution in [2.45, 2.75) is 20.8 Å². The van der Waals surface area contributed by atoms with Crippen LogP contribution in [-0.4, -0.2) is 44.0 Å². The summed E-state index contributed by atoms with van der Waals surface area (Å²) in [6.45, 7) is 5.70. The second-order valence-electron chi connectivity index (χ2n) is 7.54. The minimum atomic E-state index is -0.509. The van der Waals surface area contributed by atoms with Gasteiger partial charge in [-0.1, -0.05) is 31.0 Å². The van der Waals surface area contributed by atoms with Gasteiger partial charge in [-0.2, -0.15) is 0 Å². The molecule has 0 atom stereocenters. The molecule has 0 bridgehead atoms.